The van der Waals surface area contributed by atoms with Crippen molar-refractivity contribution in [3.8, 4) is 0 Å². The van der Waals surface area contributed by atoms with Crippen LogP contribution in [0, 0.1) is 0 Å². The van der Waals surface area contributed by atoms with Crippen LogP contribution in [-0.4, -0.2) is 12.6 Å². The third-order valence-electron chi connectivity index (χ3n) is 3.98. The molecular formula is C18H21ClN2. The second kappa shape index (κ2) is 6.08. The Hall–Kier alpha value is -1.51. The molecule has 1 heterocycles. The summed E-state index contributed by atoms with van der Waals surface area (Å²) in [7, 11) is 0. The largest absolute Gasteiger partial charge is 0.341 e. The number of nitrogens with two attached hydrogens (primary N) is 1. The van der Waals surface area contributed by atoms with E-state index in [2.05, 4.69) is 41.3 Å². The van der Waals surface area contributed by atoms with Gasteiger partial charge in [0.05, 0.1) is 0 Å². The normalized spacial score (nSPS) is 15.7. The van der Waals surface area contributed by atoms with Gasteiger partial charge in [-0.25, -0.2) is 0 Å². The number of hydrogen-bond acceptors (Lipinski definition) is 2. The van der Waals surface area contributed by atoms with Gasteiger partial charge in [-0.1, -0.05) is 29.8 Å². The van der Waals surface area contributed by atoms with Crippen LogP contribution in [0.5, 0.6) is 0 Å². The van der Waals surface area contributed by atoms with E-state index in [4.69, 9.17) is 17.3 Å². The predicted molar refractivity (Wildman–Crippen MR) is 90.6 cm³/mol. The van der Waals surface area contributed by atoms with Gasteiger partial charge in [-0.15, -0.1) is 0 Å². The van der Waals surface area contributed by atoms with Crippen LogP contribution in [-0.2, 0) is 12.8 Å². The summed E-state index contributed by atoms with van der Waals surface area (Å²) in [6.07, 6.45) is 3.18. The molecule has 2 aromatic rings. The zero-order valence-corrected chi connectivity index (χ0v) is 13.1. The summed E-state index contributed by atoms with van der Waals surface area (Å²) in [6.45, 7) is 3.08. The molecule has 0 radical (unpaired) electrons. The first kappa shape index (κ1) is 14.4. The van der Waals surface area contributed by atoms with E-state index in [-0.39, 0.29) is 6.04 Å². The molecule has 3 heteroatoms. The van der Waals surface area contributed by atoms with Crippen LogP contribution >= 0.6 is 11.6 Å². The lowest BCUT2D eigenvalue weighted by Gasteiger charge is -2.33. The molecule has 0 saturated heterocycles. The Kier molecular flexibility index (Phi) is 4.18. The lowest BCUT2D eigenvalue weighted by atomic mass is 9.98. The Morgan fingerprint density at radius 1 is 1.19 bits per heavy atom. The Bertz CT molecular complexity index is 637. The van der Waals surface area contributed by atoms with Gasteiger partial charge in [0.1, 0.15) is 0 Å². The second-order valence-electron chi connectivity index (χ2n) is 5.84. The average Bonchev–Trinajstić information content (AvgIpc) is 2.46. The molecule has 2 aromatic carbocycles. The van der Waals surface area contributed by atoms with E-state index in [0.717, 1.165) is 24.4 Å². The molecule has 0 bridgehead atoms. The minimum Gasteiger partial charge on any atom is -0.341 e. The molecule has 1 unspecified atom stereocenters. The molecule has 0 saturated carbocycles. The number of rotatable bonds is 3. The molecule has 1 atom stereocenters. The number of halogens is 1. The molecular weight excluding hydrogens is 280 g/mol. The highest BCUT2D eigenvalue weighted by Crippen LogP contribution is 2.36. The van der Waals surface area contributed by atoms with Gasteiger partial charge >= 0.3 is 0 Å². The van der Waals surface area contributed by atoms with E-state index in [9.17, 15) is 0 Å². The highest BCUT2D eigenvalue weighted by Gasteiger charge is 2.20. The summed E-state index contributed by atoms with van der Waals surface area (Å²) in [5, 5.41) is 0.777. The number of para-hydroxylation sites is 1. The number of aryl methyl sites for hydroxylation is 1. The monoisotopic (exact) mass is 300 g/mol. The van der Waals surface area contributed by atoms with Crippen molar-refractivity contribution in [2.45, 2.75) is 32.2 Å². The van der Waals surface area contributed by atoms with Gasteiger partial charge in [-0.2, -0.15) is 0 Å². The molecule has 2 nitrogen and oxygen atoms in total. The molecule has 1 aliphatic rings. The third-order valence-corrected chi connectivity index (χ3v) is 4.22. The number of nitrogens with zero attached hydrogens (tertiary/aromatic N) is 1. The third kappa shape index (κ3) is 3.07. The highest BCUT2D eigenvalue weighted by molar-refractivity contribution is 6.30. The summed E-state index contributed by atoms with van der Waals surface area (Å²) in [4.78, 5) is 2.41. The number of hydrogen-bond donors (Lipinski definition) is 1. The Morgan fingerprint density at radius 3 is 2.81 bits per heavy atom. The molecule has 21 heavy (non-hydrogen) atoms. The molecule has 2 N–H and O–H groups in total. The lowest BCUT2D eigenvalue weighted by Crippen LogP contribution is -2.27. The van der Waals surface area contributed by atoms with E-state index >= 15 is 0 Å². The van der Waals surface area contributed by atoms with Crippen molar-refractivity contribution >= 4 is 23.0 Å². The topological polar surface area (TPSA) is 29.3 Å². The van der Waals surface area contributed by atoms with Gasteiger partial charge in [-0.3, -0.25) is 0 Å². The Morgan fingerprint density at radius 2 is 2.00 bits per heavy atom. The van der Waals surface area contributed by atoms with Crippen LogP contribution in [0.25, 0.3) is 0 Å². The van der Waals surface area contributed by atoms with Gasteiger partial charge in [0, 0.05) is 29.0 Å². The zero-order chi connectivity index (χ0) is 14.8. The molecule has 0 spiro atoms. The van der Waals surface area contributed by atoms with Crippen LogP contribution in [0.15, 0.2) is 42.5 Å². The second-order valence-corrected chi connectivity index (χ2v) is 6.27. The Balaban J connectivity index is 2.05. The van der Waals surface area contributed by atoms with Crippen LogP contribution in [0.1, 0.15) is 24.5 Å². The first-order valence-corrected chi connectivity index (χ1v) is 7.92. The van der Waals surface area contributed by atoms with Crippen LogP contribution in [0.3, 0.4) is 0 Å². The summed E-state index contributed by atoms with van der Waals surface area (Å²) in [6, 6.07) is 14.9. The van der Waals surface area contributed by atoms with Crippen molar-refractivity contribution in [2.75, 3.05) is 11.4 Å². The van der Waals surface area contributed by atoms with Gasteiger partial charge in [-0.05, 0) is 61.6 Å². The van der Waals surface area contributed by atoms with Gasteiger partial charge in [0.15, 0.2) is 0 Å². The molecule has 110 valence electrons. The summed E-state index contributed by atoms with van der Waals surface area (Å²) >= 11 is 6.18. The maximum absolute atomic E-state index is 6.18. The van der Waals surface area contributed by atoms with Crippen molar-refractivity contribution in [1.29, 1.82) is 0 Å². The van der Waals surface area contributed by atoms with Crippen molar-refractivity contribution in [2.24, 2.45) is 5.73 Å². The van der Waals surface area contributed by atoms with Gasteiger partial charge < -0.3 is 10.6 Å². The maximum atomic E-state index is 6.18. The number of fused-ring (bicyclic) bond motifs is 1. The fraction of sp³-hybridized carbons (Fsp3) is 0.333. The van der Waals surface area contributed by atoms with Crippen LogP contribution in [0.2, 0.25) is 5.02 Å². The molecule has 0 aromatic heterocycles. The van der Waals surface area contributed by atoms with Crippen molar-refractivity contribution < 1.29 is 0 Å². The standard InChI is InChI=1S/C18H21ClN2/c1-13(20)11-15-12-16(19)8-9-18(15)21-10-4-6-14-5-2-3-7-17(14)21/h2-3,5,7-9,12-13H,4,6,10-11,20H2,1H3. The Labute approximate surface area is 131 Å². The fourth-order valence-corrected chi connectivity index (χ4v) is 3.31. The van der Waals surface area contributed by atoms with Gasteiger partial charge in [0.2, 0.25) is 0 Å². The first-order valence-electron chi connectivity index (χ1n) is 7.54. The average molecular weight is 301 g/mol. The predicted octanol–water partition coefficient (Wildman–Crippen LogP) is 4.31. The molecule has 0 aliphatic carbocycles. The molecule has 1 aliphatic heterocycles. The summed E-state index contributed by atoms with van der Waals surface area (Å²) in [5.41, 5.74) is 11.2. The van der Waals surface area contributed by atoms with Crippen molar-refractivity contribution in [3.05, 3.63) is 58.6 Å². The van der Waals surface area contributed by atoms with Crippen LogP contribution in [0.4, 0.5) is 11.4 Å². The number of benzene rings is 2. The summed E-state index contributed by atoms with van der Waals surface area (Å²) in [5.74, 6) is 0. The summed E-state index contributed by atoms with van der Waals surface area (Å²) < 4.78 is 0. The zero-order valence-electron chi connectivity index (χ0n) is 12.3. The maximum Gasteiger partial charge on any atom is 0.0444 e. The van der Waals surface area contributed by atoms with Crippen LogP contribution < -0.4 is 10.6 Å². The molecule has 0 amide bonds. The molecule has 0 fully saturated rings. The van der Waals surface area contributed by atoms with E-state index in [1.807, 2.05) is 13.0 Å². The van der Waals surface area contributed by atoms with Gasteiger partial charge in [0.25, 0.3) is 0 Å². The van der Waals surface area contributed by atoms with E-state index in [0.29, 0.717) is 0 Å². The van der Waals surface area contributed by atoms with Crippen molar-refractivity contribution in [3.63, 3.8) is 0 Å². The first-order chi connectivity index (χ1) is 10.1. The van der Waals surface area contributed by atoms with E-state index < -0.39 is 0 Å². The SMILES string of the molecule is CC(N)Cc1cc(Cl)ccc1N1CCCc2ccccc21. The highest BCUT2D eigenvalue weighted by atomic mass is 35.5. The fourth-order valence-electron chi connectivity index (χ4n) is 3.11. The quantitative estimate of drug-likeness (QED) is 0.915. The smallest absolute Gasteiger partial charge is 0.0444 e. The van der Waals surface area contributed by atoms with E-state index in [1.165, 1.54) is 28.9 Å². The van der Waals surface area contributed by atoms with Crippen molar-refractivity contribution in [1.82, 2.24) is 0 Å². The molecule has 3 rings (SSSR count). The van der Waals surface area contributed by atoms with E-state index in [1.54, 1.807) is 0 Å². The number of anilines is 2. The minimum atomic E-state index is 0.127. The minimum absolute atomic E-state index is 0.127. The lowest BCUT2D eigenvalue weighted by molar-refractivity contribution is 0.726.